The van der Waals surface area contributed by atoms with Crippen LogP contribution in [0, 0.1) is 0 Å². The van der Waals surface area contributed by atoms with Crippen molar-refractivity contribution in [3.05, 3.63) is 77.9 Å². The van der Waals surface area contributed by atoms with Gasteiger partial charge >= 0.3 is 0 Å². The first-order valence-electron chi connectivity index (χ1n) is 11.7. The molecular formula is C27H29N3O2S. The van der Waals surface area contributed by atoms with Crippen LogP contribution in [0.15, 0.2) is 66.7 Å². The number of amides is 2. The maximum Gasteiger partial charge on any atom is 0.253 e. The second kappa shape index (κ2) is 9.98. The molecule has 6 heteroatoms. The largest absolute Gasteiger partial charge is 0.337 e. The van der Waals surface area contributed by atoms with Crippen LogP contribution in [-0.2, 0) is 4.79 Å². The van der Waals surface area contributed by atoms with E-state index in [0.717, 1.165) is 44.0 Å². The van der Waals surface area contributed by atoms with Gasteiger partial charge in [-0.3, -0.25) is 14.5 Å². The summed E-state index contributed by atoms with van der Waals surface area (Å²) in [6.07, 6.45) is 2.14. The number of nitrogens with zero attached hydrogens (tertiary/aromatic N) is 2. The van der Waals surface area contributed by atoms with Crippen LogP contribution in [-0.4, -0.2) is 59.3 Å². The molecule has 0 aliphatic carbocycles. The maximum absolute atomic E-state index is 12.9. The third-order valence-corrected chi connectivity index (χ3v) is 7.53. The fourth-order valence-electron chi connectivity index (χ4n) is 4.97. The summed E-state index contributed by atoms with van der Waals surface area (Å²) >= 11 is 1.88. The molecule has 0 aromatic heterocycles. The van der Waals surface area contributed by atoms with Crippen molar-refractivity contribution in [2.45, 2.75) is 18.9 Å². The van der Waals surface area contributed by atoms with Gasteiger partial charge in [-0.25, -0.2) is 0 Å². The van der Waals surface area contributed by atoms with Crippen LogP contribution in [0.3, 0.4) is 0 Å². The Hall–Kier alpha value is -2.83. The fourth-order valence-corrected chi connectivity index (χ4v) is 5.88. The van der Waals surface area contributed by atoms with Crippen molar-refractivity contribution >= 4 is 40.0 Å². The van der Waals surface area contributed by atoms with Crippen LogP contribution >= 0.6 is 11.8 Å². The van der Waals surface area contributed by atoms with E-state index in [1.54, 1.807) is 6.07 Å². The van der Waals surface area contributed by atoms with Crippen molar-refractivity contribution in [2.75, 3.05) is 43.0 Å². The van der Waals surface area contributed by atoms with Crippen LogP contribution < -0.4 is 5.32 Å². The zero-order valence-electron chi connectivity index (χ0n) is 18.7. The van der Waals surface area contributed by atoms with Crippen LogP contribution in [0.2, 0.25) is 0 Å². The van der Waals surface area contributed by atoms with Gasteiger partial charge in [-0.1, -0.05) is 48.5 Å². The number of nitrogens with one attached hydrogen (secondary N) is 1. The molecule has 1 unspecified atom stereocenters. The lowest BCUT2D eigenvalue weighted by atomic mass is 9.97. The number of anilines is 1. The number of hydrogen-bond acceptors (Lipinski definition) is 4. The van der Waals surface area contributed by atoms with Crippen LogP contribution in [0.25, 0.3) is 10.8 Å². The summed E-state index contributed by atoms with van der Waals surface area (Å²) in [4.78, 5) is 29.9. The zero-order valence-corrected chi connectivity index (χ0v) is 19.5. The molecule has 0 spiro atoms. The smallest absolute Gasteiger partial charge is 0.253 e. The van der Waals surface area contributed by atoms with Gasteiger partial charge in [-0.15, -0.1) is 0 Å². The molecule has 2 heterocycles. The Bertz CT molecular complexity index is 1150. The van der Waals surface area contributed by atoms with Gasteiger partial charge in [-0.05, 0) is 53.9 Å². The summed E-state index contributed by atoms with van der Waals surface area (Å²) in [5.41, 5.74) is 2.61. The van der Waals surface area contributed by atoms with Gasteiger partial charge in [0.05, 0.1) is 6.54 Å². The number of hydrogen-bond donors (Lipinski definition) is 1. The first kappa shape index (κ1) is 22.0. The summed E-state index contributed by atoms with van der Waals surface area (Å²) in [5, 5.41) is 5.52. The summed E-state index contributed by atoms with van der Waals surface area (Å²) in [7, 11) is 0. The van der Waals surface area contributed by atoms with Gasteiger partial charge in [0.25, 0.3) is 5.91 Å². The molecule has 2 aliphatic rings. The summed E-state index contributed by atoms with van der Waals surface area (Å²) in [6.45, 7) is 2.82. The Morgan fingerprint density at radius 1 is 0.939 bits per heavy atom. The first-order chi connectivity index (χ1) is 16.2. The van der Waals surface area contributed by atoms with Gasteiger partial charge in [0.15, 0.2) is 0 Å². The van der Waals surface area contributed by atoms with E-state index in [4.69, 9.17) is 0 Å². The molecule has 2 aliphatic heterocycles. The highest BCUT2D eigenvalue weighted by molar-refractivity contribution is 7.99. The average Bonchev–Trinajstić information content (AvgIpc) is 3.31. The predicted octanol–water partition coefficient (Wildman–Crippen LogP) is 4.80. The van der Waals surface area contributed by atoms with Crippen LogP contribution in [0.4, 0.5) is 5.69 Å². The molecular weight excluding hydrogens is 430 g/mol. The van der Waals surface area contributed by atoms with Gasteiger partial charge in [0, 0.05) is 41.9 Å². The van der Waals surface area contributed by atoms with E-state index in [9.17, 15) is 9.59 Å². The second-order valence-electron chi connectivity index (χ2n) is 8.73. The van der Waals surface area contributed by atoms with E-state index >= 15 is 0 Å². The summed E-state index contributed by atoms with van der Waals surface area (Å²) < 4.78 is 0. The predicted molar refractivity (Wildman–Crippen MR) is 136 cm³/mol. The molecule has 170 valence electrons. The summed E-state index contributed by atoms with van der Waals surface area (Å²) in [5.74, 6) is 1.97. The molecule has 3 aromatic carbocycles. The first-order valence-corrected chi connectivity index (χ1v) is 12.8. The van der Waals surface area contributed by atoms with Gasteiger partial charge < -0.3 is 10.2 Å². The molecule has 5 nitrogen and oxygen atoms in total. The molecule has 33 heavy (non-hydrogen) atoms. The molecule has 1 atom stereocenters. The Labute approximate surface area is 199 Å². The molecule has 2 saturated heterocycles. The quantitative estimate of drug-likeness (QED) is 0.595. The van der Waals surface area contributed by atoms with Gasteiger partial charge in [0.2, 0.25) is 5.91 Å². The van der Waals surface area contributed by atoms with Crippen molar-refractivity contribution < 1.29 is 9.59 Å². The molecule has 0 bridgehead atoms. The lowest BCUT2D eigenvalue weighted by Crippen LogP contribution is -2.38. The number of carbonyl (C=O) groups excluding carboxylic acids is 2. The number of thioether (sulfide) groups is 1. The standard InChI is InChI=1S/C27H29N3O2S/c31-26(28-22-9-3-8-21(18-22)27(32)29-14-16-33-17-15-29)19-30-13-5-12-25(30)24-11-4-7-20-6-1-2-10-23(20)24/h1-4,6-11,18,25H,5,12-17,19H2,(H,28,31). The normalized spacial score (nSPS) is 19.0. The highest BCUT2D eigenvalue weighted by Crippen LogP contribution is 2.35. The van der Waals surface area contributed by atoms with Gasteiger partial charge in [0.1, 0.15) is 0 Å². The molecule has 0 saturated carbocycles. The number of carbonyl (C=O) groups is 2. The highest BCUT2D eigenvalue weighted by atomic mass is 32.2. The molecule has 5 rings (SSSR count). The lowest BCUT2D eigenvalue weighted by Gasteiger charge is -2.26. The third kappa shape index (κ3) is 4.92. The van der Waals surface area contributed by atoms with E-state index in [1.807, 2.05) is 34.9 Å². The van der Waals surface area contributed by atoms with E-state index < -0.39 is 0 Å². The lowest BCUT2D eigenvalue weighted by molar-refractivity contribution is -0.117. The van der Waals surface area contributed by atoms with Crippen molar-refractivity contribution in [2.24, 2.45) is 0 Å². The average molecular weight is 460 g/mol. The highest BCUT2D eigenvalue weighted by Gasteiger charge is 2.28. The SMILES string of the molecule is O=C(CN1CCCC1c1cccc2ccccc12)Nc1cccc(C(=O)N2CCSCC2)c1. The zero-order chi connectivity index (χ0) is 22.6. The maximum atomic E-state index is 12.9. The molecule has 2 amide bonds. The number of likely N-dealkylation sites (tertiary alicyclic amines) is 1. The van der Waals surface area contributed by atoms with E-state index in [2.05, 4.69) is 52.7 Å². The molecule has 0 radical (unpaired) electrons. The Balaban J connectivity index is 1.26. The fraction of sp³-hybridized carbons (Fsp3) is 0.333. The Morgan fingerprint density at radius 3 is 2.61 bits per heavy atom. The minimum atomic E-state index is -0.0406. The molecule has 3 aromatic rings. The third-order valence-electron chi connectivity index (χ3n) is 6.58. The topological polar surface area (TPSA) is 52.7 Å². The van der Waals surface area contributed by atoms with Crippen LogP contribution in [0.5, 0.6) is 0 Å². The van der Waals surface area contributed by atoms with Crippen molar-refractivity contribution in [3.63, 3.8) is 0 Å². The van der Waals surface area contributed by atoms with Crippen molar-refractivity contribution in [3.8, 4) is 0 Å². The monoisotopic (exact) mass is 459 g/mol. The Morgan fingerprint density at radius 2 is 1.73 bits per heavy atom. The number of benzene rings is 3. The van der Waals surface area contributed by atoms with E-state index in [-0.39, 0.29) is 17.9 Å². The number of rotatable bonds is 5. The van der Waals surface area contributed by atoms with E-state index in [1.165, 1.54) is 16.3 Å². The van der Waals surface area contributed by atoms with E-state index in [0.29, 0.717) is 17.8 Å². The van der Waals surface area contributed by atoms with Crippen molar-refractivity contribution in [1.82, 2.24) is 9.80 Å². The summed E-state index contributed by atoms with van der Waals surface area (Å²) in [6, 6.07) is 22.5. The van der Waals surface area contributed by atoms with Crippen molar-refractivity contribution in [1.29, 1.82) is 0 Å². The molecule has 2 fully saturated rings. The minimum Gasteiger partial charge on any atom is -0.337 e. The number of fused-ring (bicyclic) bond motifs is 1. The molecule has 1 N–H and O–H groups in total. The van der Waals surface area contributed by atoms with Crippen LogP contribution in [0.1, 0.15) is 34.8 Å². The second-order valence-corrected chi connectivity index (χ2v) is 9.96. The minimum absolute atomic E-state index is 0.0406. The Kier molecular flexibility index (Phi) is 6.65. The van der Waals surface area contributed by atoms with Gasteiger partial charge in [-0.2, -0.15) is 11.8 Å².